The van der Waals surface area contributed by atoms with E-state index >= 15 is 0 Å². The number of piperazine rings is 1. The highest BCUT2D eigenvalue weighted by molar-refractivity contribution is 6.30. The first-order chi connectivity index (χ1) is 19.4. The summed E-state index contributed by atoms with van der Waals surface area (Å²) < 4.78 is 6.83. The molecule has 0 spiro atoms. The van der Waals surface area contributed by atoms with E-state index in [1.807, 2.05) is 17.0 Å². The summed E-state index contributed by atoms with van der Waals surface area (Å²) in [5.74, 6) is 1.25. The van der Waals surface area contributed by atoms with Gasteiger partial charge < -0.3 is 25.2 Å². The predicted molar refractivity (Wildman–Crippen MR) is 152 cm³/mol. The van der Waals surface area contributed by atoms with Crippen molar-refractivity contribution in [3.05, 3.63) is 89.1 Å². The second-order valence-electron chi connectivity index (χ2n) is 8.98. The number of ether oxygens (including phenoxy) is 1. The molecule has 1 aliphatic heterocycles. The molecule has 2 N–H and O–H groups in total. The summed E-state index contributed by atoms with van der Waals surface area (Å²) in [6, 6.07) is 14.6. The second-order valence-corrected chi connectivity index (χ2v) is 9.80. The molecule has 2 aromatic heterocycles. The van der Waals surface area contributed by atoms with Crippen LogP contribution in [0.25, 0.3) is 5.95 Å². The van der Waals surface area contributed by atoms with Gasteiger partial charge in [0.15, 0.2) is 0 Å². The lowest BCUT2D eigenvalue weighted by Crippen LogP contribution is -2.61. The van der Waals surface area contributed by atoms with E-state index in [-0.39, 0.29) is 30.7 Å². The number of carbonyl (C=O) groups excluding carboxylic acids is 2. The predicted octanol–water partition coefficient (Wildman–Crippen LogP) is 4.02. The van der Waals surface area contributed by atoms with Gasteiger partial charge in [0.25, 0.3) is 0 Å². The van der Waals surface area contributed by atoms with Crippen molar-refractivity contribution in [2.24, 2.45) is 0 Å². The number of benzene rings is 2. The first-order valence-electron chi connectivity index (χ1n) is 12.4. The van der Waals surface area contributed by atoms with E-state index < -0.39 is 12.1 Å². The Labute approximate surface area is 240 Å². The highest BCUT2D eigenvalue weighted by Crippen LogP contribution is 2.23. The fourth-order valence-corrected chi connectivity index (χ4v) is 4.59. The summed E-state index contributed by atoms with van der Waals surface area (Å²) in [5, 5.41) is 6.69. The van der Waals surface area contributed by atoms with Gasteiger partial charge in [0.2, 0.25) is 11.9 Å². The Hall–Kier alpha value is -4.35. The van der Waals surface area contributed by atoms with Crippen molar-refractivity contribution in [1.82, 2.24) is 29.7 Å². The minimum atomic E-state index is -0.815. The zero-order valence-corrected chi connectivity index (χ0v) is 23.0. The van der Waals surface area contributed by atoms with E-state index in [9.17, 15) is 9.59 Å². The number of aromatic nitrogens is 4. The van der Waals surface area contributed by atoms with Gasteiger partial charge in [0.1, 0.15) is 29.1 Å². The molecular weight excluding hydrogens is 555 g/mol. The van der Waals surface area contributed by atoms with Crippen LogP contribution in [0, 0.1) is 0 Å². The maximum Gasteiger partial charge on any atom is 0.322 e. The average Bonchev–Trinajstić information content (AvgIpc) is 3.52. The molecular formula is C27H26Cl2N8O3. The van der Waals surface area contributed by atoms with Gasteiger partial charge in [0, 0.05) is 55.3 Å². The number of hydrogen-bond acceptors (Lipinski definition) is 7. The van der Waals surface area contributed by atoms with Crippen LogP contribution in [0.3, 0.4) is 0 Å². The molecule has 1 fully saturated rings. The fraction of sp³-hybridized carbons (Fsp3) is 0.222. The Morgan fingerprint density at radius 2 is 1.82 bits per heavy atom. The Balaban J connectivity index is 1.36. The van der Waals surface area contributed by atoms with E-state index in [0.717, 1.165) is 5.56 Å². The molecule has 13 heteroatoms. The van der Waals surface area contributed by atoms with Crippen LogP contribution >= 0.6 is 23.2 Å². The number of imidazole rings is 1. The third-order valence-electron chi connectivity index (χ3n) is 6.39. The number of nitrogens with one attached hydrogen (secondary N) is 2. The Kier molecular flexibility index (Phi) is 8.32. The first kappa shape index (κ1) is 27.2. The summed E-state index contributed by atoms with van der Waals surface area (Å²) in [5.41, 5.74) is 1.47. The minimum absolute atomic E-state index is 0.194. The number of anilines is 2. The minimum Gasteiger partial charge on any atom is -0.497 e. The largest absolute Gasteiger partial charge is 0.497 e. The molecule has 1 saturated heterocycles. The lowest BCUT2D eigenvalue weighted by molar-refractivity contribution is -0.125. The quantitative estimate of drug-likeness (QED) is 0.317. The number of methoxy groups -OCH3 is 1. The van der Waals surface area contributed by atoms with Crippen LogP contribution in [0.15, 0.2) is 73.3 Å². The van der Waals surface area contributed by atoms with E-state index in [4.69, 9.17) is 27.9 Å². The van der Waals surface area contributed by atoms with Gasteiger partial charge in [-0.1, -0.05) is 35.3 Å². The summed E-state index contributed by atoms with van der Waals surface area (Å²) in [7, 11) is 1.57. The van der Waals surface area contributed by atoms with Crippen LogP contribution in [0.2, 0.25) is 10.2 Å². The zero-order valence-electron chi connectivity index (χ0n) is 21.5. The van der Waals surface area contributed by atoms with E-state index in [2.05, 4.69) is 25.6 Å². The molecule has 4 aromatic rings. The molecule has 206 valence electrons. The van der Waals surface area contributed by atoms with Crippen LogP contribution in [0.1, 0.15) is 5.56 Å². The van der Waals surface area contributed by atoms with Crippen molar-refractivity contribution in [2.75, 3.05) is 37.0 Å². The van der Waals surface area contributed by atoms with Crippen molar-refractivity contribution in [3.8, 4) is 11.7 Å². The Morgan fingerprint density at radius 3 is 2.52 bits per heavy atom. The van der Waals surface area contributed by atoms with E-state index in [1.165, 1.54) is 4.90 Å². The van der Waals surface area contributed by atoms with Gasteiger partial charge >= 0.3 is 6.03 Å². The third kappa shape index (κ3) is 6.44. The highest BCUT2D eigenvalue weighted by Gasteiger charge is 2.36. The maximum absolute atomic E-state index is 13.5. The molecule has 3 amide bonds. The van der Waals surface area contributed by atoms with Crippen molar-refractivity contribution >= 4 is 46.6 Å². The lowest BCUT2D eigenvalue weighted by atomic mass is 10.1. The topological polar surface area (TPSA) is 118 Å². The summed E-state index contributed by atoms with van der Waals surface area (Å²) in [6.07, 6.45) is 4.90. The molecule has 1 atom stereocenters. The van der Waals surface area contributed by atoms with Crippen LogP contribution in [-0.2, 0) is 11.3 Å². The number of amides is 3. The molecule has 2 aromatic carbocycles. The van der Waals surface area contributed by atoms with Crippen molar-refractivity contribution in [2.45, 2.75) is 12.6 Å². The fourth-order valence-electron chi connectivity index (χ4n) is 4.29. The van der Waals surface area contributed by atoms with Gasteiger partial charge in [-0.05, 0) is 42.0 Å². The number of hydrogen-bond donors (Lipinski definition) is 2. The van der Waals surface area contributed by atoms with Crippen LogP contribution in [0.5, 0.6) is 5.75 Å². The average molecular weight is 581 g/mol. The standard InChI is InChI=1S/C27H26Cl2N8O3/c1-40-21-8-6-20(7-9-21)32-27(39)37-13-12-35(24-14-23(29)33-26(34-24)36-11-10-30-17-36)16-22(37)25(38)31-15-18-2-4-19(28)5-3-18/h2-11,14,17,22H,12-13,15-16H2,1H3,(H,31,38)(H,32,39). The molecule has 1 unspecified atom stereocenters. The van der Waals surface area contributed by atoms with E-state index in [1.54, 1.807) is 72.9 Å². The normalized spacial score (nSPS) is 15.0. The number of nitrogens with zero attached hydrogens (tertiary/aromatic N) is 6. The maximum atomic E-state index is 13.5. The number of rotatable bonds is 7. The van der Waals surface area contributed by atoms with Gasteiger partial charge in [-0.25, -0.2) is 14.8 Å². The second kappa shape index (κ2) is 12.2. The van der Waals surface area contributed by atoms with Crippen molar-refractivity contribution in [3.63, 3.8) is 0 Å². The highest BCUT2D eigenvalue weighted by atomic mass is 35.5. The monoisotopic (exact) mass is 580 g/mol. The molecule has 0 bridgehead atoms. The van der Waals surface area contributed by atoms with Crippen LogP contribution in [0.4, 0.5) is 16.3 Å². The molecule has 0 saturated carbocycles. The molecule has 11 nitrogen and oxygen atoms in total. The van der Waals surface area contributed by atoms with E-state index in [0.29, 0.717) is 34.8 Å². The smallest absolute Gasteiger partial charge is 0.322 e. The molecule has 0 radical (unpaired) electrons. The third-order valence-corrected chi connectivity index (χ3v) is 6.84. The summed E-state index contributed by atoms with van der Waals surface area (Å²) >= 11 is 12.3. The van der Waals surface area contributed by atoms with Crippen molar-refractivity contribution in [1.29, 1.82) is 0 Å². The molecule has 1 aliphatic rings. The van der Waals surface area contributed by atoms with Gasteiger partial charge in [0.05, 0.1) is 7.11 Å². The molecule has 5 rings (SSSR count). The summed E-state index contributed by atoms with van der Waals surface area (Å²) in [6.45, 7) is 1.17. The summed E-state index contributed by atoms with van der Waals surface area (Å²) in [4.78, 5) is 43.3. The first-order valence-corrected chi connectivity index (χ1v) is 13.2. The van der Waals surface area contributed by atoms with Gasteiger partial charge in [-0.3, -0.25) is 9.36 Å². The molecule has 40 heavy (non-hydrogen) atoms. The van der Waals surface area contributed by atoms with Crippen LogP contribution < -0.4 is 20.3 Å². The lowest BCUT2D eigenvalue weighted by Gasteiger charge is -2.41. The molecule has 0 aliphatic carbocycles. The van der Waals surface area contributed by atoms with Crippen molar-refractivity contribution < 1.29 is 14.3 Å². The zero-order chi connectivity index (χ0) is 28.1. The number of halogens is 2. The Bertz CT molecular complexity index is 1470. The van der Waals surface area contributed by atoms with Gasteiger partial charge in [-0.2, -0.15) is 4.98 Å². The van der Waals surface area contributed by atoms with Gasteiger partial charge in [-0.15, -0.1) is 0 Å². The Morgan fingerprint density at radius 1 is 1.05 bits per heavy atom. The molecule has 3 heterocycles. The number of urea groups is 1. The van der Waals surface area contributed by atoms with Crippen LogP contribution in [-0.4, -0.2) is 69.1 Å². The SMILES string of the molecule is COc1ccc(NC(=O)N2CCN(c3cc(Cl)nc(-n4ccnc4)n3)CC2C(=O)NCc2ccc(Cl)cc2)cc1. The number of carbonyl (C=O) groups is 2.